The van der Waals surface area contributed by atoms with Crippen LogP contribution in [0.1, 0.15) is 24.1 Å². The van der Waals surface area contributed by atoms with Crippen molar-refractivity contribution in [1.82, 2.24) is 20.2 Å². The van der Waals surface area contributed by atoms with Gasteiger partial charge >= 0.3 is 0 Å². The van der Waals surface area contributed by atoms with Crippen LogP contribution in [0.2, 0.25) is 0 Å². The number of benzene rings is 2. The lowest BCUT2D eigenvalue weighted by molar-refractivity contribution is -0.113. The molecule has 0 saturated carbocycles. The molecule has 2 aromatic carbocycles. The summed E-state index contributed by atoms with van der Waals surface area (Å²) < 4.78 is 1.56. The Morgan fingerprint density at radius 3 is 2.63 bits per heavy atom. The van der Waals surface area contributed by atoms with E-state index in [0.717, 1.165) is 16.8 Å². The third kappa shape index (κ3) is 3.01. The van der Waals surface area contributed by atoms with Crippen molar-refractivity contribution in [2.45, 2.75) is 19.9 Å². The number of carbonyl (C=O) groups is 1. The third-order valence-corrected chi connectivity index (χ3v) is 4.56. The second-order valence-electron chi connectivity index (χ2n) is 6.37. The highest BCUT2D eigenvalue weighted by molar-refractivity contribution is 6.06. The lowest BCUT2D eigenvalue weighted by Crippen LogP contribution is -2.31. The number of rotatable bonds is 3. The monoisotopic (exact) mass is 362 g/mol. The maximum atomic E-state index is 13.2. The molecule has 3 aromatic rings. The number of tetrazole rings is 1. The van der Waals surface area contributed by atoms with Gasteiger partial charge < -0.3 is 15.7 Å². The summed E-state index contributed by atoms with van der Waals surface area (Å²) in [6, 6.07) is 13.7. The van der Waals surface area contributed by atoms with Crippen LogP contribution in [0.25, 0.3) is 0 Å². The van der Waals surface area contributed by atoms with E-state index >= 15 is 0 Å². The van der Waals surface area contributed by atoms with Crippen molar-refractivity contribution in [3.05, 3.63) is 70.9 Å². The van der Waals surface area contributed by atoms with Crippen LogP contribution in [0.3, 0.4) is 0 Å². The lowest BCUT2D eigenvalue weighted by atomic mass is 9.95. The smallest absolute Gasteiger partial charge is 0.255 e. The largest absolute Gasteiger partial charge is 0.508 e. The van der Waals surface area contributed by atoms with Crippen LogP contribution >= 0.6 is 0 Å². The van der Waals surface area contributed by atoms with Crippen molar-refractivity contribution in [3.63, 3.8) is 0 Å². The molecule has 1 atom stereocenters. The number of nitrogens with zero attached hydrogens (tertiary/aromatic N) is 4. The summed E-state index contributed by atoms with van der Waals surface area (Å²) in [5.74, 6) is 0.364. The Morgan fingerprint density at radius 1 is 1.15 bits per heavy atom. The Labute approximate surface area is 155 Å². The van der Waals surface area contributed by atoms with Crippen molar-refractivity contribution >= 4 is 17.5 Å². The highest BCUT2D eigenvalue weighted by Gasteiger charge is 2.34. The summed E-state index contributed by atoms with van der Waals surface area (Å²) in [5, 5.41) is 27.4. The Balaban J connectivity index is 1.77. The van der Waals surface area contributed by atoms with E-state index in [9.17, 15) is 9.90 Å². The second kappa shape index (κ2) is 6.56. The van der Waals surface area contributed by atoms with Gasteiger partial charge in [0, 0.05) is 11.4 Å². The first-order valence-electron chi connectivity index (χ1n) is 8.46. The van der Waals surface area contributed by atoms with Gasteiger partial charge in [0.1, 0.15) is 11.8 Å². The number of hydrogen-bond donors (Lipinski definition) is 3. The van der Waals surface area contributed by atoms with Crippen LogP contribution in [0.15, 0.2) is 59.8 Å². The van der Waals surface area contributed by atoms with E-state index in [1.165, 1.54) is 0 Å². The standard InChI is InChI=1S/C19H18N6O2/c1-11-5-3-4-6-15(11)21-18(27)16-12(2)20-19-22-23-24-25(19)17(16)13-7-9-14(26)10-8-13/h3-10,17,26H,1-2H3,(H,21,27)(H,20,22,24)/t17-/m0/s1. The number of phenolic OH excluding ortho intramolecular Hbond substituents is 1. The number of aryl methyl sites for hydroxylation is 1. The minimum atomic E-state index is -0.513. The van der Waals surface area contributed by atoms with E-state index in [0.29, 0.717) is 17.2 Å². The number of fused-ring (bicyclic) bond motifs is 1. The normalized spacial score (nSPS) is 15.9. The SMILES string of the molecule is CC1=C(C(=O)Nc2ccccc2C)[C@H](c2ccc(O)cc2)n2nnnc2N1. The van der Waals surface area contributed by atoms with E-state index in [1.54, 1.807) is 28.9 Å². The van der Waals surface area contributed by atoms with Gasteiger partial charge in [-0.1, -0.05) is 35.4 Å². The zero-order chi connectivity index (χ0) is 19.0. The quantitative estimate of drug-likeness (QED) is 0.661. The van der Waals surface area contributed by atoms with Crippen LogP contribution in [0.4, 0.5) is 11.6 Å². The molecule has 27 heavy (non-hydrogen) atoms. The van der Waals surface area contributed by atoms with Crippen LogP contribution < -0.4 is 10.6 Å². The number of para-hydroxylation sites is 1. The first kappa shape index (κ1) is 16.8. The Kier molecular flexibility index (Phi) is 4.08. The molecule has 4 rings (SSSR count). The number of phenols is 1. The van der Waals surface area contributed by atoms with Gasteiger partial charge in [0.2, 0.25) is 5.95 Å². The summed E-state index contributed by atoms with van der Waals surface area (Å²) in [4.78, 5) is 13.2. The van der Waals surface area contributed by atoms with Gasteiger partial charge in [-0.25, -0.2) is 0 Å². The maximum absolute atomic E-state index is 13.2. The molecule has 1 aliphatic heterocycles. The average molecular weight is 362 g/mol. The van der Waals surface area contributed by atoms with E-state index in [1.807, 2.05) is 38.1 Å². The molecule has 136 valence electrons. The molecule has 1 aromatic heterocycles. The lowest BCUT2D eigenvalue weighted by Gasteiger charge is -2.28. The van der Waals surface area contributed by atoms with Crippen LogP contribution in [-0.4, -0.2) is 31.2 Å². The zero-order valence-corrected chi connectivity index (χ0v) is 14.8. The third-order valence-electron chi connectivity index (χ3n) is 4.56. The zero-order valence-electron chi connectivity index (χ0n) is 14.8. The van der Waals surface area contributed by atoms with Crippen molar-refractivity contribution in [3.8, 4) is 5.75 Å². The molecule has 1 amide bonds. The fraction of sp³-hybridized carbons (Fsp3) is 0.158. The summed E-state index contributed by atoms with van der Waals surface area (Å²) in [7, 11) is 0. The number of anilines is 2. The molecule has 0 unspecified atom stereocenters. The molecule has 0 saturated heterocycles. The van der Waals surface area contributed by atoms with Crippen molar-refractivity contribution in [1.29, 1.82) is 0 Å². The van der Waals surface area contributed by atoms with E-state index in [-0.39, 0.29) is 11.7 Å². The second-order valence-corrected chi connectivity index (χ2v) is 6.37. The first-order chi connectivity index (χ1) is 13.0. The molecule has 8 heteroatoms. The van der Waals surface area contributed by atoms with Crippen molar-refractivity contribution < 1.29 is 9.90 Å². The highest BCUT2D eigenvalue weighted by Crippen LogP contribution is 2.35. The van der Waals surface area contributed by atoms with Crippen molar-refractivity contribution in [2.75, 3.05) is 10.6 Å². The first-order valence-corrected chi connectivity index (χ1v) is 8.46. The number of amides is 1. The van der Waals surface area contributed by atoms with Crippen LogP contribution in [-0.2, 0) is 4.79 Å². The summed E-state index contributed by atoms with van der Waals surface area (Å²) >= 11 is 0. The van der Waals surface area contributed by atoms with Gasteiger partial charge in [-0.05, 0) is 53.6 Å². The van der Waals surface area contributed by atoms with Gasteiger partial charge in [0.15, 0.2) is 0 Å². The van der Waals surface area contributed by atoms with Gasteiger partial charge in [-0.15, -0.1) is 0 Å². The predicted octanol–water partition coefficient (Wildman–Crippen LogP) is 2.61. The minimum absolute atomic E-state index is 0.149. The van der Waals surface area contributed by atoms with Gasteiger partial charge in [-0.2, -0.15) is 4.68 Å². The maximum Gasteiger partial charge on any atom is 0.255 e. The van der Waals surface area contributed by atoms with Crippen molar-refractivity contribution in [2.24, 2.45) is 0 Å². The Bertz CT molecular complexity index is 1040. The molecule has 3 N–H and O–H groups in total. The fourth-order valence-electron chi connectivity index (χ4n) is 3.17. The number of nitrogens with one attached hydrogen (secondary N) is 2. The van der Waals surface area contributed by atoms with Crippen LogP contribution in [0, 0.1) is 6.92 Å². The molecule has 8 nitrogen and oxygen atoms in total. The topological polar surface area (TPSA) is 105 Å². The number of hydrogen-bond acceptors (Lipinski definition) is 6. The fourth-order valence-corrected chi connectivity index (χ4v) is 3.17. The molecule has 1 aliphatic rings. The van der Waals surface area contributed by atoms with E-state index in [4.69, 9.17) is 0 Å². The van der Waals surface area contributed by atoms with Crippen LogP contribution in [0.5, 0.6) is 5.75 Å². The summed E-state index contributed by atoms with van der Waals surface area (Å²) in [5.41, 5.74) is 3.68. The number of aromatic nitrogens is 4. The average Bonchev–Trinajstić information content (AvgIpc) is 3.11. The molecular formula is C19H18N6O2. The number of allylic oxidation sites excluding steroid dienone is 1. The van der Waals surface area contributed by atoms with E-state index < -0.39 is 6.04 Å². The van der Waals surface area contributed by atoms with Gasteiger partial charge in [0.25, 0.3) is 5.91 Å². The van der Waals surface area contributed by atoms with E-state index in [2.05, 4.69) is 26.2 Å². The molecule has 0 radical (unpaired) electrons. The minimum Gasteiger partial charge on any atom is -0.508 e. The molecule has 0 aliphatic carbocycles. The Hall–Kier alpha value is -3.68. The molecule has 0 fully saturated rings. The molecular weight excluding hydrogens is 344 g/mol. The molecule has 2 heterocycles. The highest BCUT2D eigenvalue weighted by atomic mass is 16.3. The summed E-state index contributed by atoms with van der Waals surface area (Å²) in [6.07, 6.45) is 0. The molecule has 0 spiro atoms. The summed E-state index contributed by atoms with van der Waals surface area (Å²) in [6.45, 7) is 3.76. The Morgan fingerprint density at radius 2 is 1.89 bits per heavy atom. The molecule has 0 bridgehead atoms. The number of carbonyl (C=O) groups excluding carboxylic acids is 1. The van der Waals surface area contributed by atoms with Gasteiger partial charge in [-0.3, -0.25) is 4.79 Å². The predicted molar refractivity (Wildman–Crippen MR) is 100 cm³/mol. The van der Waals surface area contributed by atoms with Gasteiger partial charge in [0.05, 0.1) is 5.57 Å². The number of aromatic hydroxyl groups is 1.